The van der Waals surface area contributed by atoms with Gasteiger partial charge in [0.2, 0.25) is 0 Å². The van der Waals surface area contributed by atoms with Gasteiger partial charge in [0.25, 0.3) is 0 Å². The van der Waals surface area contributed by atoms with Crippen LogP contribution in [0.25, 0.3) is 32.9 Å². The first-order valence-corrected chi connectivity index (χ1v) is 14.9. The van der Waals surface area contributed by atoms with Crippen LogP contribution in [0.15, 0.2) is 97.6 Å². The number of carbonyl (C=O) groups is 1. The normalized spacial score (nSPS) is 11.4. The molecule has 5 heteroatoms. The van der Waals surface area contributed by atoms with Gasteiger partial charge in [-0.3, -0.25) is 4.79 Å². The fourth-order valence-electron chi connectivity index (χ4n) is 5.69. The zero-order chi connectivity index (χ0) is 27.6. The van der Waals surface area contributed by atoms with E-state index in [4.69, 9.17) is 5.11 Å². The number of rotatable bonds is 15. The van der Waals surface area contributed by atoms with E-state index in [1.165, 1.54) is 78.7 Å². The van der Waals surface area contributed by atoms with E-state index < -0.39 is 5.97 Å². The van der Waals surface area contributed by atoms with Gasteiger partial charge in [-0.25, -0.2) is 9.13 Å². The molecule has 0 unspecified atom stereocenters. The maximum Gasteiger partial charge on any atom is 0.309 e. The number of hydrogen-bond acceptors (Lipinski definition) is 1. The fourth-order valence-corrected chi connectivity index (χ4v) is 5.69. The molecule has 0 radical (unpaired) electrons. The second-order valence-corrected chi connectivity index (χ2v) is 10.8. The maximum absolute atomic E-state index is 10.7. The third-order valence-corrected chi connectivity index (χ3v) is 7.93. The summed E-state index contributed by atoms with van der Waals surface area (Å²) in [5.41, 5.74) is 5.05. The Labute approximate surface area is 237 Å². The van der Waals surface area contributed by atoms with E-state index in [1.54, 1.807) is 0 Å². The number of para-hydroxylation sites is 2. The number of aliphatic carboxylic acids is 1. The molecular formula is C35H41N3O2+2. The van der Waals surface area contributed by atoms with Crippen molar-refractivity contribution in [3.05, 3.63) is 97.6 Å². The second-order valence-electron chi connectivity index (χ2n) is 10.8. The molecular weight excluding hydrogens is 494 g/mol. The first-order valence-electron chi connectivity index (χ1n) is 14.9. The van der Waals surface area contributed by atoms with Crippen LogP contribution in [0.3, 0.4) is 0 Å². The van der Waals surface area contributed by atoms with Crippen molar-refractivity contribution >= 4 is 27.8 Å². The average Bonchev–Trinajstić information content (AvgIpc) is 3.31. The second kappa shape index (κ2) is 13.9. The number of aryl methyl sites for hydroxylation is 3. The Hall–Kier alpha value is -3.99. The molecule has 5 nitrogen and oxygen atoms in total. The molecule has 0 aliphatic heterocycles. The number of carboxylic acid groups (broad SMARTS) is 1. The SMILES string of the molecule is O=C(O)CC[n+]1ccc(-c2cc[n+](CCCCCCCCCCn3c4ccccc4c4ccccc43)cc2)cc1. The van der Waals surface area contributed by atoms with E-state index in [0.717, 1.165) is 18.7 Å². The van der Waals surface area contributed by atoms with Gasteiger partial charge >= 0.3 is 5.97 Å². The largest absolute Gasteiger partial charge is 0.481 e. The van der Waals surface area contributed by atoms with E-state index in [1.807, 2.05) is 29.1 Å². The third kappa shape index (κ3) is 7.15. The molecule has 0 bridgehead atoms. The molecule has 206 valence electrons. The molecule has 40 heavy (non-hydrogen) atoms. The van der Waals surface area contributed by atoms with Crippen molar-refractivity contribution in [2.24, 2.45) is 0 Å². The number of benzene rings is 2. The summed E-state index contributed by atoms with van der Waals surface area (Å²) in [7, 11) is 0. The number of nitrogens with zero attached hydrogens (tertiary/aromatic N) is 3. The van der Waals surface area contributed by atoms with Crippen molar-refractivity contribution in [2.45, 2.75) is 77.4 Å². The van der Waals surface area contributed by atoms with E-state index in [-0.39, 0.29) is 6.42 Å². The summed E-state index contributed by atoms with van der Waals surface area (Å²) in [6.07, 6.45) is 18.7. The van der Waals surface area contributed by atoms with Crippen LogP contribution in [0.2, 0.25) is 0 Å². The molecule has 0 amide bonds. The molecule has 5 rings (SSSR count). The molecule has 3 aromatic heterocycles. The van der Waals surface area contributed by atoms with Crippen LogP contribution in [-0.4, -0.2) is 15.6 Å². The van der Waals surface area contributed by atoms with E-state index in [9.17, 15) is 4.79 Å². The van der Waals surface area contributed by atoms with Gasteiger partial charge in [-0.2, -0.15) is 0 Å². The van der Waals surface area contributed by atoms with Crippen LogP contribution in [0, 0.1) is 0 Å². The molecule has 0 fully saturated rings. The average molecular weight is 536 g/mol. The number of hydrogen-bond donors (Lipinski definition) is 1. The van der Waals surface area contributed by atoms with Crippen molar-refractivity contribution in [3.63, 3.8) is 0 Å². The van der Waals surface area contributed by atoms with Gasteiger partial charge in [-0.15, -0.1) is 0 Å². The van der Waals surface area contributed by atoms with Crippen molar-refractivity contribution in [1.82, 2.24) is 4.57 Å². The topological polar surface area (TPSA) is 50.0 Å². The minimum Gasteiger partial charge on any atom is -0.481 e. The summed E-state index contributed by atoms with van der Waals surface area (Å²) in [6, 6.07) is 26.0. The van der Waals surface area contributed by atoms with Crippen LogP contribution >= 0.6 is 0 Å². The highest BCUT2D eigenvalue weighted by Gasteiger charge is 2.10. The van der Waals surface area contributed by atoms with Crippen molar-refractivity contribution in [1.29, 1.82) is 0 Å². The van der Waals surface area contributed by atoms with Gasteiger partial charge < -0.3 is 9.67 Å². The quantitative estimate of drug-likeness (QED) is 0.113. The Balaban J connectivity index is 0.955. The summed E-state index contributed by atoms with van der Waals surface area (Å²) in [6.45, 7) is 2.65. The molecule has 0 spiro atoms. The van der Waals surface area contributed by atoms with E-state index in [2.05, 4.69) is 82.2 Å². The molecule has 2 aromatic carbocycles. The lowest BCUT2D eigenvalue weighted by molar-refractivity contribution is -0.697. The number of aromatic nitrogens is 3. The Morgan fingerprint density at radius 2 is 1.02 bits per heavy atom. The van der Waals surface area contributed by atoms with Crippen LogP contribution in [0.4, 0.5) is 0 Å². The summed E-state index contributed by atoms with van der Waals surface area (Å²) in [4.78, 5) is 10.7. The van der Waals surface area contributed by atoms with Crippen molar-refractivity contribution in [2.75, 3.05) is 0 Å². The molecule has 0 aliphatic rings. The number of carboxylic acids is 1. The molecule has 0 saturated heterocycles. The predicted molar refractivity (Wildman–Crippen MR) is 161 cm³/mol. The zero-order valence-electron chi connectivity index (χ0n) is 23.4. The fraction of sp³-hybridized carbons (Fsp3) is 0.343. The summed E-state index contributed by atoms with van der Waals surface area (Å²) >= 11 is 0. The van der Waals surface area contributed by atoms with Gasteiger partial charge in [-0.1, -0.05) is 68.5 Å². The highest BCUT2D eigenvalue weighted by molar-refractivity contribution is 6.07. The Kier molecular flexibility index (Phi) is 9.57. The van der Waals surface area contributed by atoms with E-state index in [0.29, 0.717) is 6.54 Å². The smallest absolute Gasteiger partial charge is 0.309 e. The first-order chi connectivity index (χ1) is 19.7. The summed E-state index contributed by atoms with van der Waals surface area (Å²) < 4.78 is 6.69. The molecule has 0 atom stereocenters. The molecule has 0 saturated carbocycles. The van der Waals surface area contributed by atoms with Gasteiger partial charge in [-0.05, 0) is 36.1 Å². The predicted octanol–water partition coefficient (Wildman–Crippen LogP) is 7.33. The van der Waals surface area contributed by atoms with E-state index >= 15 is 0 Å². The zero-order valence-corrected chi connectivity index (χ0v) is 23.4. The van der Waals surface area contributed by atoms with Crippen molar-refractivity contribution < 1.29 is 19.0 Å². The van der Waals surface area contributed by atoms with Crippen LogP contribution in [0.5, 0.6) is 0 Å². The molecule has 3 heterocycles. The highest BCUT2D eigenvalue weighted by atomic mass is 16.4. The molecule has 1 N–H and O–H groups in total. The van der Waals surface area contributed by atoms with Crippen LogP contribution < -0.4 is 9.13 Å². The monoisotopic (exact) mass is 535 g/mol. The third-order valence-electron chi connectivity index (χ3n) is 7.93. The number of fused-ring (bicyclic) bond motifs is 3. The summed E-state index contributed by atoms with van der Waals surface area (Å²) in [5, 5.41) is 11.6. The minimum absolute atomic E-state index is 0.139. The maximum atomic E-state index is 10.7. The Bertz CT molecular complexity index is 1470. The van der Waals surface area contributed by atoms with Gasteiger partial charge in [0.05, 0.1) is 0 Å². The highest BCUT2D eigenvalue weighted by Crippen LogP contribution is 2.29. The Morgan fingerprint density at radius 3 is 1.55 bits per heavy atom. The van der Waals surface area contributed by atoms with Crippen LogP contribution in [-0.2, 0) is 24.4 Å². The Morgan fingerprint density at radius 1 is 0.575 bits per heavy atom. The number of pyridine rings is 2. The van der Waals surface area contributed by atoms with Gasteiger partial charge in [0.1, 0.15) is 13.0 Å². The lowest BCUT2D eigenvalue weighted by Crippen LogP contribution is -2.33. The number of unbranched alkanes of at least 4 members (excludes halogenated alkanes) is 7. The lowest BCUT2D eigenvalue weighted by atomic mass is 10.1. The molecule has 0 aliphatic carbocycles. The first kappa shape index (κ1) is 27.6. The van der Waals surface area contributed by atoms with Gasteiger partial charge in [0.15, 0.2) is 31.3 Å². The minimum atomic E-state index is -0.772. The van der Waals surface area contributed by atoms with Gasteiger partial charge in [0, 0.05) is 59.0 Å². The summed E-state index contributed by atoms with van der Waals surface area (Å²) in [5.74, 6) is -0.772. The van der Waals surface area contributed by atoms with Crippen LogP contribution in [0.1, 0.15) is 57.8 Å². The standard InChI is InChI=1S/C35H40N3O2/c39-35(40)21-28-37-26-19-30(20-27-37)29-17-24-36(25-18-29)22-11-5-3-1-2-4-6-12-23-38-33-15-9-7-13-31(33)32-14-8-10-16-34(32)38/h7-10,13-20,24-27H,1-6,11-12,21-23,28H2/q+1/p+1. The van der Waals surface area contributed by atoms with Crippen molar-refractivity contribution in [3.8, 4) is 11.1 Å². The lowest BCUT2D eigenvalue weighted by Gasteiger charge is -2.07. The molecule has 5 aromatic rings.